The van der Waals surface area contributed by atoms with Gasteiger partial charge in [-0.2, -0.15) is 0 Å². The number of carbonyl (C=O) groups is 1. The Hall–Kier alpha value is -1.94. The third-order valence-corrected chi connectivity index (χ3v) is 4.12. The van der Waals surface area contributed by atoms with E-state index in [9.17, 15) is 9.18 Å². The van der Waals surface area contributed by atoms with E-state index >= 15 is 0 Å². The average molecular weight is 288 g/mol. The van der Waals surface area contributed by atoms with E-state index in [0.717, 1.165) is 12.8 Å². The van der Waals surface area contributed by atoms with Gasteiger partial charge in [-0.05, 0) is 30.4 Å². The summed E-state index contributed by atoms with van der Waals surface area (Å²) >= 11 is 0. The van der Waals surface area contributed by atoms with Crippen LogP contribution in [0.4, 0.5) is 4.39 Å². The monoisotopic (exact) mass is 288 g/mol. The highest BCUT2D eigenvalue weighted by molar-refractivity contribution is 6.07. The molecule has 112 valence electrons. The van der Waals surface area contributed by atoms with Gasteiger partial charge in [-0.25, -0.2) is 4.39 Å². The summed E-state index contributed by atoms with van der Waals surface area (Å²) < 4.78 is 13.8. The molecule has 0 spiro atoms. The largest absolute Gasteiger partial charge is 0.350 e. The molecule has 0 atom stereocenters. The zero-order valence-electron chi connectivity index (χ0n) is 12.4. The van der Waals surface area contributed by atoms with E-state index in [2.05, 4.69) is 5.32 Å². The van der Waals surface area contributed by atoms with Gasteiger partial charge in [0.05, 0.1) is 0 Å². The molecule has 21 heavy (non-hydrogen) atoms. The average Bonchev–Trinajstić information content (AvgIpc) is 2.53. The van der Waals surface area contributed by atoms with Crippen LogP contribution in [0.5, 0.6) is 0 Å². The molecule has 2 rings (SSSR count). The Bertz CT molecular complexity index is 650. The minimum absolute atomic E-state index is 0.220. The van der Waals surface area contributed by atoms with Crippen molar-refractivity contribution in [1.29, 1.82) is 0 Å². The molecule has 0 bridgehead atoms. The standard InChI is InChI=1S/C17H21FN2O/c1-3-17(19,4-2)11-20-16(21)14-9-10-15(18)13-8-6-5-7-12(13)14/h5-10H,3-4,11,19H2,1-2H3,(H,20,21). The molecule has 0 aliphatic rings. The summed E-state index contributed by atoms with van der Waals surface area (Å²) in [6, 6.07) is 9.82. The second-order valence-electron chi connectivity index (χ2n) is 5.39. The van der Waals surface area contributed by atoms with Crippen LogP contribution in [-0.2, 0) is 0 Å². The van der Waals surface area contributed by atoms with E-state index < -0.39 is 5.54 Å². The highest BCUT2D eigenvalue weighted by atomic mass is 19.1. The lowest BCUT2D eigenvalue weighted by molar-refractivity contribution is 0.0944. The predicted octanol–water partition coefficient (Wildman–Crippen LogP) is 3.23. The molecule has 3 N–H and O–H groups in total. The van der Waals surface area contributed by atoms with Gasteiger partial charge >= 0.3 is 0 Å². The Kier molecular flexibility index (Phi) is 4.58. The van der Waals surface area contributed by atoms with Gasteiger partial charge in [0.1, 0.15) is 5.82 Å². The summed E-state index contributed by atoms with van der Waals surface area (Å²) in [6.45, 7) is 4.41. The van der Waals surface area contributed by atoms with E-state index in [1.165, 1.54) is 12.1 Å². The third-order valence-electron chi connectivity index (χ3n) is 4.12. The Morgan fingerprint density at radius 2 is 1.76 bits per heavy atom. The number of hydrogen-bond acceptors (Lipinski definition) is 2. The zero-order valence-corrected chi connectivity index (χ0v) is 12.4. The first-order valence-electron chi connectivity index (χ1n) is 7.25. The van der Waals surface area contributed by atoms with Crippen molar-refractivity contribution in [3.05, 3.63) is 47.8 Å². The second-order valence-corrected chi connectivity index (χ2v) is 5.39. The van der Waals surface area contributed by atoms with Crippen molar-refractivity contribution in [3.63, 3.8) is 0 Å². The van der Waals surface area contributed by atoms with Gasteiger partial charge in [0.25, 0.3) is 5.91 Å². The lowest BCUT2D eigenvalue weighted by atomic mass is 9.94. The number of rotatable bonds is 5. The number of nitrogens with two attached hydrogens (primary N) is 1. The van der Waals surface area contributed by atoms with Crippen LogP contribution in [0, 0.1) is 5.82 Å². The molecular weight excluding hydrogens is 267 g/mol. The van der Waals surface area contributed by atoms with Crippen molar-refractivity contribution in [3.8, 4) is 0 Å². The van der Waals surface area contributed by atoms with Gasteiger partial charge in [-0.1, -0.05) is 38.1 Å². The molecule has 0 unspecified atom stereocenters. The molecule has 0 saturated heterocycles. The summed E-state index contributed by atoms with van der Waals surface area (Å²) in [4.78, 5) is 12.4. The first-order valence-corrected chi connectivity index (χ1v) is 7.25. The lowest BCUT2D eigenvalue weighted by Gasteiger charge is -2.26. The van der Waals surface area contributed by atoms with Crippen molar-refractivity contribution in [2.45, 2.75) is 32.2 Å². The molecule has 4 heteroatoms. The smallest absolute Gasteiger partial charge is 0.251 e. The van der Waals surface area contributed by atoms with Crippen molar-refractivity contribution in [2.24, 2.45) is 5.73 Å². The Morgan fingerprint density at radius 3 is 2.38 bits per heavy atom. The maximum Gasteiger partial charge on any atom is 0.251 e. The number of hydrogen-bond donors (Lipinski definition) is 2. The number of nitrogens with one attached hydrogen (secondary N) is 1. The molecule has 0 radical (unpaired) electrons. The van der Waals surface area contributed by atoms with E-state index in [0.29, 0.717) is 22.9 Å². The third kappa shape index (κ3) is 3.22. The van der Waals surface area contributed by atoms with Crippen LogP contribution in [0.15, 0.2) is 36.4 Å². The topological polar surface area (TPSA) is 55.1 Å². The van der Waals surface area contributed by atoms with Crippen LogP contribution in [-0.4, -0.2) is 18.0 Å². The molecule has 2 aromatic rings. The summed E-state index contributed by atoms with van der Waals surface area (Å²) in [5, 5.41) is 3.94. The maximum atomic E-state index is 13.8. The normalized spacial score (nSPS) is 11.6. The minimum atomic E-state index is -0.397. The molecule has 0 aliphatic heterocycles. The second kappa shape index (κ2) is 6.22. The Balaban J connectivity index is 2.27. The Labute approximate surface area is 124 Å². The highest BCUT2D eigenvalue weighted by Crippen LogP contribution is 2.22. The van der Waals surface area contributed by atoms with Crippen LogP contribution in [0.2, 0.25) is 0 Å². The van der Waals surface area contributed by atoms with Gasteiger partial charge in [-0.15, -0.1) is 0 Å². The zero-order chi connectivity index (χ0) is 15.5. The van der Waals surface area contributed by atoms with Crippen molar-refractivity contribution in [2.75, 3.05) is 6.54 Å². The van der Waals surface area contributed by atoms with Crippen LogP contribution >= 0.6 is 0 Å². The van der Waals surface area contributed by atoms with Gasteiger partial charge in [-0.3, -0.25) is 4.79 Å². The first-order chi connectivity index (χ1) is 10.0. The van der Waals surface area contributed by atoms with Gasteiger partial charge in [0.2, 0.25) is 0 Å². The van der Waals surface area contributed by atoms with E-state index in [1.807, 2.05) is 13.8 Å². The van der Waals surface area contributed by atoms with Crippen LogP contribution in [0.25, 0.3) is 10.8 Å². The summed E-state index contributed by atoms with van der Waals surface area (Å²) in [7, 11) is 0. The molecule has 3 nitrogen and oxygen atoms in total. The van der Waals surface area contributed by atoms with Crippen LogP contribution in [0.1, 0.15) is 37.0 Å². The number of benzene rings is 2. The number of fused-ring (bicyclic) bond motifs is 1. The number of halogens is 1. The van der Waals surface area contributed by atoms with E-state index in [4.69, 9.17) is 5.73 Å². The fourth-order valence-corrected chi connectivity index (χ4v) is 2.31. The molecule has 0 fully saturated rings. The fourth-order valence-electron chi connectivity index (χ4n) is 2.31. The molecule has 1 amide bonds. The Morgan fingerprint density at radius 1 is 1.14 bits per heavy atom. The quantitative estimate of drug-likeness (QED) is 0.887. The molecule has 0 aromatic heterocycles. The summed E-state index contributed by atoms with van der Waals surface area (Å²) in [5.41, 5.74) is 6.26. The van der Waals surface area contributed by atoms with E-state index in [-0.39, 0.29) is 11.7 Å². The molecule has 0 aliphatic carbocycles. The SMILES string of the molecule is CCC(N)(CC)CNC(=O)c1ccc(F)c2ccccc12. The van der Waals surface area contributed by atoms with Crippen LogP contribution in [0.3, 0.4) is 0 Å². The number of carbonyl (C=O) groups excluding carboxylic acids is 1. The lowest BCUT2D eigenvalue weighted by Crippen LogP contribution is -2.49. The number of amides is 1. The maximum absolute atomic E-state index is 13.8. The molecule has 0 saturated carbocycles. The van der Waals surface area contributed by atoms with E-state index in [1.54, 1.807) is 24.3 Å². The molecular formula is C17H21FN2O. The van der Waals surface area contributed by atoms with Crippen LogP contribution < -0.4 is 11.1 Å². The predicted molar refractivity (Wildman–Crippen MR) is 83.7 cm³/mol. The van der Waals surface area contributed by atoms with Gasteiger partial charge < -0.3 is 11.1 Å². The summed E-state index contributed by atoms with van der Waals surface area (Å²) in [5.74, 6) is -0.541. The van der Waals surface area contributed by atoms with Crippen molar-refractivity contribution >= 4 is 16.7 Å². The summed E-state index contributed by atoms with van der Waals surface area (Å²) in [6.07, 6.45) is 1.57. The molecule has 2 aromatic carbocycles. The molecule has 0 heterocycles. The van der Waals surface area contributed by atoms with Crippen molar-refractivity contribution < 1.29 is 9.18 Å². The highest BCUT2D eigenvalue weighted by Gasteiger charge is 2.22. The van der Waals surface area contributed by atoms with Gasteiger partial charge in [0, 0.05) is 23.0 Å². The van der Waals surface area contributed by atoms with Gasteiger partial charge in [0.15, 0.2) is 0 Å². The van der Waals surface area contributed by atoms with Crippen molar-refractivity contribution in [1.82, 2.24) is 5.32 Å². The fraction of sp³-hybridized carbons (Fsp3) is 0.353. The minimum Gasteiger partial charge on any atom is -0.350 e. The first kappa shape index (κ1) is 15.4.